The molecule has 0 atom stereocenters. The molecule has 2 rings (SSSR count). The van der Waals surface area contributed by atoms with E-state index >= 15 is 0 Å². The summed E-state index contributed by atoms with van der Waals surface area (Å²) in [5.74, 6) is -0.110. The Morgan fingerprint density at radius 2 is 2.00 bits per heavy atom. The number of hydrogen-bond acceptors (Lipinski definition) is 3. The average molecular weight is 265 g/mol. The van der Waals surface area contributed by atoms with Gasteiger partial charge in [-0.05, 0) is 42.2 Å². The first-order chi connectivity index (χ1) is 9.60. The number of carbonyl (C=O) groups excluding carboxylic acids is 1. The van der Waals surface area contributed by atoms with Crippen molar-refractivity contribution in [2.75, 3.05) is 0 Å². The molecular formula is C17H15NO2. The van der Waals surface area contributed by atoms with Crippen LogP contribution in [-0.4, -0.2) is 5.97 Å². The molecule has 0 bridgehead atoms. The van der Waals surface area contributed by atoms with Crippen LogP contribution in [0.3, 0.4) is 0 Å². The second kappa shape index (κ2) is 6.03. The summed E-state index contributed by atoms with van der Waals surface area (Å²) >= 11 is 0. The van der Waals surface area contributed by atoms with E-state index in [9.17, 15) is 4.79 Å². The topological polar surface area (TPSA) is 50.1 Å². The quantitative estimate of drug-likeness (QED) is 0.631. The zero-order chi connectivity index (χ0) is 14.5. The summed E-state index contributed by atoms with van der Waals surface area (Å²) in [7, 11) is 0. The van der Waals surface area contributed by atoms with Gasteiger partial charge in [0, 0.05) is 6.92 Å². The molecule has 100 valence electrons. The number of benzene rings is 2. The summed E-state index contributed by atoms with van der Waals surface area (Å²) in [6.07, 6.45) is 0.752. The Morgan fingerprint density at radius 1 is 1.25 bits per heavy atom. The molecule has 0 unspecified atom stereocenters. The molecule has 2 aromatic carbocycles. The van der Waals surface area contributed by atoms with Gasteiger partial charge in [0.25, 0.3) is 0 Å². The third-order valence-corrected chi connectivity index (χ3v) is 3.07. The van der Waals surface area contributed by atoms with Crippen LogP contribution in [-0.2, 0) is 11.2 Å². The first kappa shape index (κ1) is 13.8. The Bertz CT molecular complexity index is 684. The first-order valence-corrected chi connectivity index (χ1v) is 6.36. The molecule has 0 aliphatic heterocycles. The molecule has 0 fully saturated rings. The summed E-state index contributed by atoms with van der Waals surface area (Å²) < 4.78 is 5.00. The monoisotopic (exact) mass is 265 g/mol. The third-order valence-electron chi connectivity index (χ3n) is 3.07. The number of nitrogens with zero attached hydrogens (tertiary/aromatic N) is 1. The highest BCUT2D eigenvalue weighted by Crippen LogP contribution is 2.22. The average Bonchev–Trinajstić information content (AvgIpc) is 2.42. The molecule has 20 heavy (non-hydrogen) atoms. The Kier molecular flexibility index (Phi) is 4.17. The van der Waals surface area contributed by atoms with Crippen LogP contribution in [0.2, 0.25) is 0 Å². The molecule has 0 heterocycles. The van der Waals surface area contributed by atoms with Crippen LogP contribution in [0, 0.1) is 18.3 Å². The molecule has 0 radical (unpaired) electrons. The molecule has 0 saturated carbocycles. The first-order valence-electron chi connectivity index (χ1n) is 6.36. The predicted molar refractivity (Wildman–Crippen MR) is 76.5 cm³/mol. The van der Waals surface area contributed by atoms with Gasteiger partial charge in [-0.1, -0.05) is 30.3 Å². The van der Waals surface area contributed by atoms with Gasteiger partial charge >= 0.3 is 5.97 Å². The molecule has 3 nitrogen and oxygen atoms in total. The Hall–Kier alpha value is -2.60. The maximum absolute atomic E-state index is 11.0. The van der Waals surface area contributed by atoms with Gasteiger partial charge < -0.3 is 4.74 Å². The zero-order valence-corrected chi connectivity index (χ0v) is 11.5. The Morgan fingerprint density at radius 3 is 2.65 bits per heavy atom. The van der Waals surface area contributed by atoms with E-state index in [4.69, 9.17) is 10.00 Å². The molecule has 3 heteroatoms. The molecule has 2 aromatic rings. The van der Waals surface area contributed by atoms with Gasteiger partial charge in [-0.25, -0.2) is 0 Å². The van der Waals surface area contributed by atoms with Crippen LogP contribution in [0.25, 0.3) is 0 Å². The van der Waals surface area contributed by atoms with Crippen LogP contribution in [0.15, 0.2) is 42.5 Å². The molecule has 0 N–H and O–H groups in total. The highest BCUT2D eigenvalue weighted by molar-refractivity contribution is 5.70. The number of nitriles is 1. The summed E-state index contributed by atoms with van der Waals surface area (Å²) in [6.45, 7) is 3.39. The van der Waals surface area contributed by atoms with Crippen molar-refractivity contribution in [2.45, 2.75) is 20.3 Å². The maximum atomic E-state index is 11.0. The third kappa shape index (κ3) is 3.24. The lowest BCUT2D eigenvalue weighted by Crippen LogP contribution is -2.03. The van der Waals surface area contributed by atoms with Gasteiger partial charge in [-0.2, -0.15) is 5.26 Å². The van der Waals surface area contributed by atoms with E-state index in [0.717, 1.165) is 12.0 Å². The largest absolute Gasteiger partial charge is 0.425 e. The van der Waals surface area contributed by atoms with Crippen molar-refractivity contribution in [1.82, 2.24) is 0 Å². The normalized spacial score (nSPS) is 9.85. The highest BCUT2D eigenvalue weighted by atomic mass is 16.5. The fourth-order valence-electron chi connectivity index (χ4n) is 2.05. The maximum Gasteiger partial charge on any atom is 0.308 e. The van der Waals surface area contributed by atoms with E-state index < -0.39 is 5.97 Å². The van der Waals surface area contributed by atoms with Crippen molar-refractivity contribution in [3.8, 4) is 11.8 Å². The standard InChI is InChI=1S/C17H15NO2/c1-12-5-3-4-6-15(12)9-14-7-8-17(20-13(2)19)16(10-14)11-18/h3-8,10H,9H2,1-2H3. The summed E-state index contributed by atoms with van der Waals surface area (Å²) in [5.41, 5.74) is 3.84. The zero-order valence-electron chi connectivity index (χ0n) is 11.5. The summed E-state index contributed by atoms with van der Waals surface area (Å²) in [5, 5.41) is 9.14. The second-order valence-corrected chi connectivity index (χ2v) is 4.64. The number of hydrogen-bond donors (Lipinski definition) is 0. The minimum absolute atomic E-state index is 0.313. The van der Waals surface area contributed by atoms with E-state index in [-0.39, 0.29) is 0 Å². The summed E-state index contributed by atoms with van der Waals surface area (Å²) in [6, 6.07) is 15.5. The van der Waals surface area contributed by atoms with Crippen molar-refractivity contribution >= 4 is 5.97 Å². The molecule has 0 aliphatic carbocycles. The number of rotatable bonds is 3. The van der Waals surface area contributed by atoms with Crippen LogP contribution in [0.4, 0.5) is 0 Å². The smallest absolute Gasteiger partial charge is 0.308 e. The molecule has 0 spiro atoms. The lowest BCUT2D eigenvalue weighted by atomic mass is 9.99. The Labute approximate surface area is 118 Å². The van der Waals surface area contributed by atoms with Crippen LogP contribution >= 0.6 is 0 Å². The lowest BCUT2D eigenvalue weighted by Gasteiger charge is -2.08. The predicted octanol–water partition coefficient (Wildman–Crippen LogP) is 3.38. The second-order valence-electron chi connectivity index (χ2n) is 4.64. The molecule has 0 amide bonds. The van der Waals surface area contributed by atoms with E-state index in [1.165, 1.54) is 18.1 Å². The summed E-state index contributed by atoms with van der Waals surface area (Å²) in [4.78, 5) is 11.0. The van der Waals surface area contributed by atoms with Gasteiger partial charge in [-0.15, -0.1) is 0 Å². The van der Waals surface area contributed by atoms with Crippen LogP contribution in [0.5, 0.6) is 5.75 Å². The number of carbonyl (C=O) groups is 1. The Balaban J connectivity index is 2.29. The van der Waals surface area contributed by atoms with Crippen molar-refractivity contribution in [3.05, 3.63) is 64.7 Å². The van der Waals surface area contributed by atoms with Crippen LogP contribution in [0.1, 0.15) is 29.2 Å². The van der Waals surface area contributed by atoms with Crippen molar-refractivity contribution in [3.63, 3.8) is 0 Å². The van der Waals surface area contributed by atoms with Crippen molar-refractivity contribution in [1.29, 1.82) is 5.26 Å². The van der Waals surface area contributed by atoms with E-state index in [2.05, 4.69) is 25.1 Å². The van der Waals surface area contributed by atoms with Crippen molar-refractivity contribution < 1.29 is 9.53 Å². The van der Waals surface area contributed by atoms with Gasteiger partial charge in [0.1, 0.15) is 11.8 Å². The van der Waals surface area contributed by atoms with Crippen LogP contribution < -0.4 is 4.74 Å². The van der Waals surface area contributed by atoms with Gasteiger partial charge in [0.2, 0.25) is 0 Å². The number of esters is 1. The lowest BCUT2D eigenvalue weighted by molar-refractivity contribution is -0.131. The number of ether oxygens (including phenoxy) is 1. The number of aryl methyl sites for hydroxylation is 1. The minimum Gasteiger partial charge on any atom is -0.425 e. The molecule has 0 aliphatic rings. The molecule has 0 aromatic heterocycles. The fourth-order valence-corrected chi connectivity index (χ4v) is 2.05. The van der Waals surface area contributed by atoms with Crippen molar-refractivity contribution in [2.24, 2.45) is 0 Å². The van der Waals surface area contributed by atoms with Gasteiger partial charge in [0.15, 0.2) is 0 Å². The van der Waals surface area contributed by atoms with E-state index in [0.29, 0.717) is 11.3 Å². The fraction of sp³-hybridized carbons (Fsp3) is 0.176. The van der Waals surface area contributed by atoms with Gasteiger partial charge in [-0.3, -0.25) is 4.79 Å². The van der Waals surface area contributed by atoms with E-state index in [1.54, 1.807) is 12.1 Å². The highest BCUT2D eigenvalue weighted by Gasteiger charge is 2.08. The van der Waals surface area contributed by atoms with Gasteiger partial charge in [0.05, 0.1) is 5.56 Å². The molecular weight excluding hydrogens is 250 g/mol. The molecule has 0 saturated heterocycles. The minimum atomic E-state index is -0.423. The SMILES string of the molecule is CC(=O)Oc1ccc(Cc2ccccc2C)cc1C#N. The van der Waals surface area contributed by atoms with E-state index in [1.807, 2.05) is 18.2 Å².